The van der Waals surface area contributed by atoms with Crippen LogP contribution in [0.1, 0.15) is 11.6 Å². The van der Waals surface area contributed by atoms with Gasteiger partial charge in [0.1, 0.15) is 4.60 Å². The van der Waals surface area contributed by atoms with Gasteiger partial charge in [-0.15, -0.1) is 0 Å². The SMILES string of the molecule is Brc1cccc(C2CNC2)n1. The third kappa shape index (κ3) is 1.44. The van der Waals surface area contributed by atoms with E-state index in [0.717, 1.165) is 17.7 Å². The zero-order valence-electron chi connectivity index (χ0n) is 6.05. The molecule has 0 aliphatic carbocycles. The fourth-order valence-corrected chi connectivity index (χ4v) is 1.51. The summed E-state index contributed by atoms with van der Waals surface area (Å²) in [4.78, 5) is 4.37. The van der Waals surface area contributed by atoms with Gasteiger partial charge in [-0.05, 0) is 28.1 Å². The van der Waals surface area contributed by atoms with Crippen molar-refractivity contribution in [3.05, 3.63) is 28.5 Å². The van der Waals surface area contributed by atoms with E-state index in [2.05, 4.69) is 32.3 Å². The van der Waals surface area contributed by atoms with Crippen molar-refractivity contribution >= 4 is 15.9 Å². The Labute approximate surface area is 74.2 Å². The Morgan fingerprint density at radius 1 is 1.45 bits per heavy atom. The molecule has 1 fully saturated rings. The molecule has 1 aromatic heterocycles. The molecule has 1 aliphatic rings. The zero-order chi connectivity index (χ0) is 7.68. The summed E-state index contributed by atoms with van der Waals surface area (Å²) < 4.78 is 0.932. The highest BCUT2D eigenvalue weighted by atomic mass is 79.9. The molecule has 0 radical (unpaired) electrons. The average Bonchev–Trinajstić information content (AvgIpc) is 1.83. The van der Waals surface area contributed by atoms with Crippen molar-refractivity contribution in [2.24, 2.45) is 0 Å². The summed E-state index contributed by atoms with van der Waals surface area (Å²) in [5, 5.41) is 3.22. The number of hydrogen-bond acceptors (Lipinski definition) is 2. The highest BCUT2D eigenvalue weighted by Crippen LogP contribution is 2.18. The van der Waals surface area contributed by atoms with Crippen LogP contribution >= 0.6 is 15.9 Å². The van der Waals surface area contributed by atoms with E-state index in [4.69, 9.17) is 0 Å². The Bertz CT molecular complexity index is 258. The monoisotopic (exact) mass is 212 g/mol. The predicted octanol–water partition coefficient (Wildman–Crippen LogP) is 1.53. The van der Waals surface area contributed by atoms with Gasteiger partial charge in [-0.1, -0.05) is 6.07 Å². The van der Waals surface area contributed by atoms with Crippen molar-refractivity contribution in [1.82, 2.24) is 10.3 Å². The molecular weight excluding hydrogens is 204 g/mol. The van der Waals surface area contributed by atoms with E-state index in [1.807, 2.05) is 12.1 Å². The molecule has 0 spiro atoms. The molecule has 1 aromatic rings. The smallest absolute Gasteiger partial charge is 0.106 e. The van der Waals surface area contributed by atoms with Gasteiger partial charge in [0.05, 0.1) is 0 Å². The number of rotatable bonds is 1. The maximum Gasteiger partial charge on any atom is 0.106 e. The van der Waals surface area contributed by atoms with Gasteiger partial charge in [-0.3, -0.25) is 0 Å². The van der Waals surface area contributed by atoms with Crippen molar-refractivity contribution in [2.45, 2.75) is 5.92 Å². The second-order valence-corrected chi connectivity index (χ2v) is 3.55. The zero-order valence-corrected chi connectivity index (χ0v) is 7.63. The minimum absolute atomic E-state index is 0.632. The van der Waals surface area contributed by atoms with Crippen LogP contribution in [0.15, 0.2) is 22.8 Å². The summed E-state index contributed by atoms with van der Waals surface area (Å²) >= 11 is 3.35. The number of aromatic nitrogens is 1. The topological polar surface area (TPSA) is 24.9 Å². The molecule has 58 valence electrons. The van der Waals surface area contributed by atoms with Crippen LogP contribution in [-0.4, -0.2) is 18.1 Å². The lowest BCUT2D eigenvalue weighted by atomic mass is 9.99. The first-order valence-corrected chi connectivity index (χ1v) is 4.49. The Kier molecular flexibility index (Phi) is 1.92. The lowest BCUT2D eigenvalue weighted by molar-refractivity contribution is 0.439. The number of nitrogens with one attached hydrogen (secondary N) is 1. The second-order valence-electron chi connectivity index (χ2n) is 2.74. The molecule has 0 amide bonds. The number of nitrogens with zero attached hydrogens (tertiary/aromatic N) is 1. The summed E-state index contributed by atoms with van der Waals surface area (Å²) in [5.74, 6) is 0.632. The van der Waals surface area contributed by atoms with Gasteiger partial charge in [0.15, 0.2) is 0 Å². The van der Waals surface area contributed by atoms with Crippen LogP contribution in [0.4, 0.5) is 0 Å². The molecule has 2 heterocycles. The largest absolute Gasteiger partial charge is 0.315 e. The standard InChI is InChI=1S/C8H9BrN2/c9-8-3-1-2-7(11-8)6-4-10-5-6/h1-3,6,10H,4-5H2. The van der Waals surface area contributed by atoms with Crippen LogP contribution in [0.3, 0.4) is 0 Å². The third-order valence-corrected chi connectivity index (χ3v) is 2.38. The van der Waals surface area contributed by atoms with Gasteiger partial charge in [0.25, 0.3) is 0 Å². The summed E-state index contributed by atoms with van der Waals surface area (Å²) in [5.41, 5.74) is 1.19. The maximum atomic E-state index is 4.37. The van der Waals surface area contributed by atoms with E-state index < -0.39 is 0 Å². The summed E-state index contributed by atoms with van der Waals surface area (Å²) in [7, 11) is 0. The Morgan fingerprint density at radius 3 is 2.82 bits per heavy atom. The van der Waals surface area contributed by atoms with Crippen LogP contribution in [-0.2, 0) is 0 Å². The van der Waals surface area contributed by atoms with E-state index in [-0.39, 0.29) is 0 Å². The molecule has 2 rings (SSSR count). The average molecular weight is 213 g/mol. The number of pyridine rings is 1. The molecular formula is C8H9BrN2. The molecule has 0 atom stereocenters. The second kappa shape index (κ2) is 2.91. The van der Waals surface area contributed by atoms with E-state index in [0.29, 0.717) is 5.92 Å². The van der Waals surface area contributed by atoms with Crippen LogP contribution in [0.5, 0.6) is 0 Å². The van der Waals surface area contributed by atoms with Crippen molar-refractivity contribution in [3.63, 3.8) is 0 Å². The third-order valence-electron chi connectivity index (χ3n) is 1.94. The first-order valence-electron chi connectivity index (χ1n) is 3.69. The van der Waals surface area contributed by atoms with Gasteiger partial charge in [0.2, 0.25) is 0 Å². The summed E-state index contributed by atoms with van der Waals surface area (Å²) in [6.45, 7) is 2.15. The van der Waals surface area contributed by atoms with E-state index in [9.17, 15) is 0 Å². The highest BCUT2D eigenvalue weighted by Gasteiger charge is 2.19. The maximum absolute atomic E-state index is 4.37. The number of halogens is 1. The van der Waals surface area contributed by atoms with Crippen LogP contribution in [0.25, 0.3) is 0 Å². The summed E-state index contributed by atoms with van der Waals surface area (Å²) in [6, 6.07) is 6.07. The normalized spacial score (nSPS) is 17.9. The first-order chi connectivity index (χ1) is 5.36. The molecule has 0 unspecified atom stereocenters. The first kappa shape index (κ1) is 7.25. The Morgan fingerprint density at radius 2 is 2.27 bits per heavy atom. The van der Waals surface area contributed by atoms with Crippen molar-refractivity contribution in [3.8, 4) is 0 Å². The molecule has 0 aromatic carbocycles. The molecule has 0 bridgehead atoms. The quantitative estimate of drug-likeness (QED) is 0.715. The lowest BCUT2D eigenvalue weighted by Gasteiger charge is -2.26. The fraction of sp³-hybridized carbons (Fsp3) is 0.375. The molecule has 1 N–H and O–H groups in total. The molecule has 2 nitrogen and oxygen atoms in total. The highest BCUT2D eigenvalue weighted by molar-refractivity contribution is 9.10. The van der Waals surface area contributed by atoms with Crippen molar-refractivity contribution in [1.29, 1.82) is 0 Å². The van der Waals surface area contributed by atoms with Crippen molar-refractivity contribution < 1.29 is 0 Å². The van der Waals surface area contributed by atoms with Gasteiger partial charge < -0.3 is 5.32 Å². The molecule has 0 saturated carbocycles. The Balaban J connectivity index is 2.23. The molecule has 11 heavy (non-hydrogen) atoms. The van der Waals surface area contributed by atoms with E-state index >= 15 is 0 Å². The van der Waals surface area contributed by atoms with Gasteiger partial charge >= 0.3 is 0 Å². The lowest BCUT2D eigenvalue weighted by Crippen LogP contribution is -2.40. The van der Waals surface area contributed by atoms with E-state index in [1.54, 1.807) is 0 Å². The minimum atomic E-state index is 0.632. The van der Waals surface area contributed by atoms with Crippen LogP contribution in [0, 0.1) is 0 Å². The van der Waals surface area contributed by atoms with Crippen LogP contribution < -0.4 is 5.32 Å². The number of hydrogen-bond donors (Lipinski definition) is 1. The minimum Gasteiger partial charge on any atom is -0.315 e. The van der Waals surface area contributed by atoms with Gasteiger partial charge in [-0.25, -0.2) is 4.98 Å². The Hall–Kier alpha value is -0.410. The van der Waals surface area contributed by atoms with Crippen molar-refractivity contribution in [2.75, 3.05) is 13.1 Å². The van der Waals surface area contributed by atoms with Gasteiger partial charge in [0, 0.05) is 24.7 Å². The summed E-state index contributed by atoms with van der Waals surface area (Å²) in [6.07, 6.45) is 0. The molecule has 1 saturated heterocycles. The van der Waals surface area contributed by atoms with Gasteiger partial charge in [-0.2, -0.15) is 0 Å². The van der Waals surface area contributed by atoms with E-state index in [1.165, 1.54) is 5.69 Å². The molecule has 3 heteroatoms. The molecule has 1 aliphatic heterocycles. The predicted molar refractivity (Wildman–Crippen MR) is 47.5 cm³/mol. The fourth-order valence-electron chi connectivity index (χ4n) is 1.15. The van der Waals surface area contributed by atoms with Crippen LogP contribution in [0.2, 0.25) is 0 Å².